The van der Waals surface area contributed by atoms with Gasteiger partial charge >= 0.3 is 0 Å². The molecular weight excluding hydrogens is 190 g/mol. The maximum atomic E-state index is 4.94. The first-order chi connectivity index (χ1) is 7.36. The Labute approximate surface area is 90.9 Å². The van der Waals surface area contributed by atoms with Gasteiger partial charge in [-0.1, -0.05) is 6.08 Å². The molecule has 1 N–H and O–H groups in total. The number of aryl methyl sites for hydroxylation is 1. The van der Waals surface area contributed by atoms with Crippen LogP contribution < -0.4 is 5.32 Å². The lowest BCUT2D eigenvalue weighted by atomic mass is 10.4. The first-order valence-electron chi connectivity index (χ1n) is 5.19. The van der Waals surface area contributed by atoms with Crippen LogP contribution in [0.15, 0.2) is 24.9 Å². The van der Waals surface area contributed by atoms with Gasteiger partial charge in [-0.2, -0.15) is 5.10 Å². The van der Waals surface area contributed by atoms with E-state index in [1.165, 1.54) is 0 Å². The summed E-state index contributed by atoms with van der Waals surface area (Å²) in [6.07, 6.45) is 4.85. The van der Waals surface area contributed by atoms with Crippen molar-refractivity contribution in [1.82, 2.24) is 15.1 Å². The minimum Gasteiger partial charge on any atom is -0.383 e. The molecule has 0 saturated carbocycles. The van der Waals surface area contributed by atoms with Crippen LogP contribution in [0.3, 0.4) is 0 Å². The van der Waals surface area contributed by atoms with Gasteiger partial charge in [0.1, 0.15) is 0 Å². The molecule has 0 aliphatic rings. The van der Waals surface area contributed by atoms with E-state index in [9.17, 15) is 0 Å². The summed E-state index contributed by atoms with van der Waals surface area (Å²) in [4.78, 5) is 0. The highest BCUT2D eigenvalue weighted by Gasteiger charge is 1.97. The van der Waals surface area contributed by atoms with Crippen LogP contribution in [0.25, 0.3) is 0 Å². The molecule has 0 bridgehead atoms. The van der Waals surface area contributed by atoms with Gasteiger partial charge in [-0.05, 0) is 12.5 Å². The van der Waals surface area contributed by atoms with Crippen LogP contribution >= 0.6 is 0 Å². The summed E-state index contributed by atoms with van der Waals surface area (Å²) < 4.78 is 6.88. The third kappa shape index (κ3) is 4.76. The molecule has 0 aromatic carbocycles. The standard InChI is InChI=1S/C11H19N3O/c1-3-4-7-14-8-5-11(13-14)10-12-6-9-15-2/h3,5,8,12H,1,4,6-7,9-10H2,2H3. The summed E-state index contributed by atoms with van der Waals surface area (Å²) in [6.45, 7) is 6.98. The van der Waals surface area contributed by atoms with Crippen LogP contribution in [0, 0.1) is 0 Å². The molecule has 1 rings (SSSR count). The molecule has 4 nitrogen and oxygen atoms in total. The van der Waals surface area contributed by atoms with Crippen molar-refractivity contribution in [2.45, 2.75) is 19.5 Å². The van der Waals surface area contributed by atoms with Gasteiger partial charge in [-0.25, -0.2) is 0 Å². The molecule has 0 spiro atoms. The highest BCUT2D eigenvalue weighted by Crippen LogP contribution is 1.96. The van der Waals surface area contributed by atoms with Crippen molar-refractivity contribution in [2.24, 2.45) is 0 Å². The maximum absolute atomic E-state index is 4.94. The van der Waals surface area contributed by atoms with Gasteiger partial charge < -0.3 is 10.1 Å². The van der Waals surface area contributed by atoms with E-state index in [-0.39, 0.29) is 0 Å². The van der Waals surface area contributed by atoms with E-state index in [2.05, 4.69) is 17.0 Å². The van der Waals surface area contributed by atoms with Crippen molar-refractivity contribution in [3.8, 4) is 0 Å². The van der Waals surface area contributed by atoms with E-state index in [4.69, 9.17) is 4.74 Å². The van der Waals surface area contributed by atoms with Crippen molar-refractivity contribution in [1.29, 1.82) is 0 Å². The first-order valence-corrected chi connectivity index (χ1v) is 5.19. The van der Waals surface area contributed by atoms with Crippen molar-refractivity contribution in [2.75, 3.05) is 20.3 Å². The largest absolute Gasteiger partial charge is 0.383 e. The number of hydrogen-bond donors (Lipinski definition) is 1. The van der Waals surface area contributed by atoms with Crippen molar-refractivity contribution >= 4 is 0 Å². The predicted molar refractivity (Wildman–Crippen MR) is 60.6 cm³/mol. The number of nitrogens with zero attached hydrogens (tertiary/aromatic N) is 2. The Morgan fingerprint density at radius 2 is 2.53 bits per heavy atom. The number of hydrogen-bond acceptors (Lipinski definition) is 3. The van der Waals surface area contributed by atoms with Crippen LogP contribution in [0.4, 0.5) is 0 Å². The third-order valence-corrected chi connectivity index (χ3v) is 2.05. The Morgan fingerprint density at radius 3 is 3.27 bits per heavy atom. The van der Waals surface area contributed by atoms with E-state index < -0.39 is 0 Å². The van der Waals surface area contributed by atoms with E-state index >= 15 is 0 Å². The number of methoxy groups -OCH3 is 1. The fourth-order valence-electron chi connectivity index (χ4n) is 1.24. The molecule has 0 aliphatic heterocycles. The minimum atomic E-state index is 0.733. The number of aromatic nitrogens is 2. The van der Waals surface area contributed by atoms with Crippen LogP contribution in [0.1, 0.15) is 12.1 Å². The van der Waals surface area contributed by atoms with Crippen LogP contribution in [-0.2, 0) is 17.8 Å². The molecule has 0 fully saturated rings. The Bertz CT molecular complexity index is 283. The summed E-state index contributed by atoms with van der Waals surface area (Å²) in [6, 6.07) is 2.03. The third-order valence-electron chi connectivity index (χ3n) is 2.05. The zero-order valence-electron chi connectivity index (χ0n) is 9.28. The van der Waals surface area contributed by atoms with Crippen LogP contribution in [0.2, 0.25) is 0 Å². The van der Waals surface area contributed by atoms with Crippen molar-refractivity contribution < 1.29 is 4.74 Å². The molecule has 84 valence electrons. The molecule has 15 heavy (non-hydrogen) atoms. The molecule has 1 aromatic rings. The number of rotatable bonds is 8. The van der Waals surface area contributed by atoms with Gasteiger partial charge in [-0.15, -0.1) is 6.58 Å². The molecule has 1 aromatic heterocycles. The Morgan fingerprint density at radius 1 is 1.67 bits per heavy atom. The molecule has 1 heterocycles. The number of ether oxygens (including phenoxy) is 1. The molecular formula is C11H19N3O. The normalized spacial score (nSPS) is 10.5. The lowest BCUT2D eigenvalue weighted by molar-refractivity contribution is 0.199. The molecule has 0 aliphatic carbocycles. The molecule has 0 radical (unpaired) electrons. The van der Waals surface area contributed by atoms with Gasteiger partial charge in [-0.3, -0.25) is 4.68 Å². The Balaban J connectivity index is 2.23. The lowest BCUT2D eigenvalue weighted by Crippen LogP contribution is -2.18. The zero-order chi connectivity index (χ0) is 10.9. The van der Waals surface area contributed by atoms with E-state index in [0.717, 1.165) is 38.4 Å². The van der Waals surface area contributed by atoms with E-state index in [1.807, 2.05) is 23.0 Å². The second-order valence-electron chi connectivity index (χ2n) is 3.32. The smallest absolute Gasteiger partial charge is 0.0762 e. The average Bonchev–Trinajstić information content (AvgIpc) is 2.69. The van der Waals surface area contributed by atoms with Gasteiger partial charge in [0.15, 0.2) is 0 Å². The zero-order valence-corrected chi connectivity index (χ0v) is 9.28. The van der Waals surface area contributed by atoms with Gasteiger partial charge in [0.2, 0.25) is 0 Å². The van der Waals surface area contributed by atoms with Crippen LogP contribution in [-0.4, -0.2) is 30.0 Å². The van der Waals surface area contributed by atoms with Crippen LogP contribution in [0.5, 0.6) is 0 Å². The quantitative estimate of drug-likeness (QED) is 0.516. The summed E-state index contributed by atoms with van der Waals surface area (Å²) >= 11 is 0. The fraction of sp³-hybridized carbons (Fsp3) is 0.545. The SMILES string of the molecule is C=CCCn1ccc(CNCCOC)n1. The summed E-state index contributed by atoms with van der Waals surface area (Å²) in [7, 11) is 1.70. The summed E-state index contributed by atoms with van der Waals surface area (Å²) in [5.41, 5.74) is 1.06. The highest BCUT2D eigenvalue weighted by molar-refractivity contribution is 4.98. The van der Waals surface area contributed by atoms with Gasteiger partial charge in [0.25, 0.3) is 0 Å². The van der Waals surface area contributed by atoms with Crippen molar-refractivity contribution in [3.63, 3.8) is 0 Å². The van der Waals surface area contributed by atoms with E-state index in [0.29, 0.717) is 0 Å². The number of nitrogens with one attached hydrogen (secondary N) is 1. The predicted octanol–water partition coefficient (Wildman–Crippen LogP) is 1.20. The first kappa shape index (κ1) is 11.9. The second kappa shape index (κ2) is 7.20. The Hall–Kier alpha value is -1.13. The van der Waals surface area contributed by atoms with Gasteiger partial charge in [0, 0.05) is 32.9 Å². The average molecular weight is 209 g/mol. The van der Waals surface area contributed by atoms with Crippen molar-refractivity contribution in [3.05, 3.63) is 30.6 Å². The molecule has 0 unspecified atom stereocenters. The maximum Gasteiger partial charge on any atom is 0.0762 e. The molecule has 0 atom stereocenters. The van der Waals surface area contributed by atoms with Gasteiger partial charge in [0.05, 0.1) is 12.3 Å². The van der Waals surface area contributed by atoms with E-state index in [1.54, 1.807) is 7.11 Å². The fourth-order valence-corrected chi connectivity index (χ4v) is 1.24. The monoisotopic (exact) mass is 209 g/mol. The Kier molecular flexibility index (Phi) is 5.73. The number of allylic oxidation sites excluding steroid dienone is 1. The minimum absolute atomic E-state index is 0.733. The lowest BCUT2D eigenvalue weighted by Gasteiger charge is -2.01. The summed E-state index contributed by atoms with van der Waals surface area (Å²) in [5, 5.41) is 7.66. The molecule has 0 saturated heterocycles. The molecule has 0 amide bonds. The highest BCUT2D eigenvalue weighted by atomic mass is 16.5. The summed E-state index contributed by atoms with van der Waals surface area (Å²) in [5.74, 6) is 0. The molecule has 4 heteroatoms. The second-order valence-corrected chi connectivity index (χ2v) is 3.32. The topological polar surface area (TPSA) is 39.1 Å².